The molecule has 1 aliphatic heterocycles. The van der Waals surface area contributed by atoms with E-state index >= 15 is 0 Å². The van der Waals surface area contributed by atoms with Crippen LogP contribution in [0.3, 0.4) is 0 Å². The van der Waals surface area contributed by atoms with E-state index in [-0.39, 0.29) is 6.54 Å². The Kier molecular flexibility index (Phi) is 4.12. The normalized spacial score (nSPS) is 14.1. The maximum atomic E-state index is 12.4. The Balaban J connectivity index is 1.80. The van der Waals surface area contributed by atoms with E-state index in [0.29, 0.717) is 4.90 Å². The van der Waals surface area contributed by atoms with Gasteiger partial charge in [-0.25, -0.2) is 13.1 Å². The third-order valence-corrected chi connectivity index (χ3v) is 5.70. The molecule has 110 valence electrons. The van der Waals surface area contributed by atoms with Crippen LogP contribution in [-0.2, 0) is 29.7 Å². The second kappa shape index (κ2) is 5.88. The van der Waals surface area contributed by atoms with Gasteiger partial charge in [0.1, 0.15) is 0 Å². The molecule has 0 aromatic heterocycles. The molecule has 1 heterocycles. The average molecular weight is 367 g/mol. The number of rotatable bonds is 4. The van der Waals surface area contributed by atoms with E-state index < -0.39 is 10.0 Å². The van der Waals surface area contributed by atoms with Gasteiger partial charge in [-0.1, -0.05) is 40.2 Å². The fourth-order valence-electron chi connectivity index (χ4n) is 2.34. The Morgan fingerprint density at radius 3 is 2.67 bits per heavy atom. The van der Waals surface area contributed by atoms with Crippen molar-refractivity contribution in [2.75, 3.05) is 0 Å². The molecule has 4 nitrogen and oxygen atoms in total. The van der Waals surface area contributed by atoms with Crippen LogP contribution in [0.15, 0.2) is 51.8 Å². The molecule has 2 aromatic carbocycles. The van der Waals surface area contributed by atoms with Crippen LogP contribution in [0.25, 0.3) is 0 Å². The molecular weight excluding hydrogens is 352 g/mol. The van der Waals surface area contributed by atoms with E-state index in [1.54, 1.807) is 12.1 Å². The smallest absolute Gasteiger partial charge is 0.240 e. The molecule has 0 amide bonds. The quantitative estimate of drug-likeness (QED) is 0.873. The third-order valence-electron chi connectivity index (χ3n) is 3.53. The highest BCUT2D eigenvalue weighted by Gasteiger charge is 2.18. The standard InChI is InChI=1S/C15H15BrN2O2S/c16-15-4-2-1-3-12(15)10-18-21(19,20)14-6-5-11-8-17-9-13(11)7-14/h1-7,17-18H,8-10H2. The first-order valence-corrected chi connectivity index (χ1v) is 8.89. The SMILES string of the molecule is O=S(=O)(NCc1ccccc1Br)c1ccc2c(c1)CNC2. The summed E-state index contributed by atoms with van der Waals surface area (Å²) in [7, 11) is -3.50. The molecule has 2 N–H and O–H groups in total. The molecule has 0 unspecified atom stereocenters. The number of benzene rings is 2. The molecule has 0 saturated heterocycles. The summed E-state index contributed by atoms with van der Waals surface area (Å²) in [6, 6.07) is 12.9. The van der Waals surface area contributed by atoms with Crippen LogP contribution in [0, 0.1) is 0 Å². The van der Waals surface area contributed by atoms with Gasteiger partial charge in [0.05, 0.1) is 4.90 Å². The Labute approximate surface area is 132 Å². The summed E-state index contributed by atoms with van der Waals surface area (Å²) < 4.78 is 28.3. The van der Waals surface area contributed by atoms with Gasteiger partial charge in [-0.2, -0.15) is 0 Å². The van der Waals surface area contributed by atoms with Gasteiger partial charge in [-0.15, -0.1) is 0 Å². The van der Waals surface area contributed by atoms with Gasteiger partial charge < -0.3 is 5.32 Å². The lowest BCUT2D eigenvalue weighted by molar-refractivity contribution is 0.581. The monoisotopic (exact) mass is 366 g/mol. The van der Waals surface area contributed by atoms with Gasteiger partial charge >= 0.3 is 0 Å². The molecule has 2 aromatic rings. The van der Waals surface area contributed by atoms with Gasteiger partial charge in [0.25, 0.3) is 0 Å². The number of hydrogen-bond acceptors (Lipinski definition) is 3. The molecule has 0 saturated carbocycles. The Bertz CT molecular complexity index is 775. The maximum absolute atomic E-state index is 12.4. The summed E-state index contributed by atoms with van der Waals surface area (Å²) in [6.45, 7) is 1.79. The Hall–Kier alpha value is -1.21. The molecule has 0 radical (unpaired) electrons. The van der Waals surface area contributed by atoms with E-state index in [2.05, 4.69) is 26.0 Å². The Morgan fingerprint density at radius 2 is 1.86 bits per heavy atom. The molecule has 1 aliphatic rings. The van der Waals surface area contributed by atoms with Crippen LogP contribution < -0.4 is 10.0 Å². The van der Waals surface area contributed by atoms with Gasteiger partial charge in [-0.05, 0) is 34.9 Å². The van der Waals surface area contributed by atoms with Crippen molar-refractivity contribution in [3.05, 3.63) is 63.6 Å². The van der Waals surface area contributed by atoms with Gasteiger partial charge in [-0.3, -0.25) is 0 Å². The highest BCUT2D eigenvalue weighted by molar-refractivity contribution is 9.10. The van der Waals surface area contributed by atoms with E-state index in [0.717, 1.165) is 28.7 Å². The summed E-state index contributed by atoms with van der Waals surface area (Å²) in [5.74, 6) is 0. The van der Waals surface area contributed by atoms with Crippen LogP contribution in [0.2, 0.25) is 0 Å². The topological polar surface area (TPSA) is 58.2 Å². The number of halogens is 1. The molecule has 0 fully saturated rings. The maximum Gasteiger partial charge on any atom is 0.240 e. The molecule has 0 atom stereocenters. The van der Waals surface area contributed by atoms with Crippen molar-refractivity contribution >= 4 is 26.0 Å². The van der Waals surface area contributed by atoms with Crippen LogP contribution >= 0.6 is 15.9 Å². The molecule has 0 spiro atoms. The lowest BCUT2D eigenvalue weighted by atomic mass is 10.1. The van der Waals surface area contributed by atoms with Crippen molar-refractivity contribution < 1.29 is 8.42 Å². The largest absolute Gasteiger partial charge is 0.309 e. The third kappa shape index (κ3) is 3.18. The minimum atomic E-state index is -3.50. The zero-order valence-electron chi connectivity index (χ0n) is 11.3. The zero-order valence-corrected chi connectivity index (χ0v) is 13.7. The fraction of sp³-hybridized carbons (Fsp3) is 0.200. The molecule has 0 bridgehead atoms. The predicted octanol–water partition coefficient (Wildman–Crippen LogP) is 2.53. The fourth-order valence-corrected chi connectivity index (χ4v) is 3.82. The zero-order chi connectivity index (χ0) is 14.9. The van der Waals surface area contributed by atoms with Crippen molar-refractivity contribution in [3.8, 4) is 0 Å². The lowest BCUT2D eigenvalue weighted by Gasteiger charge is -2.09. The molecule has 21 heavy (non-hydrogen) atoms. The van der Waals surface area contributed by atoms with E-state index in [1.807, 2.05) is 30.3 Å². The van der Waals surface area contributed by atoms with E-state index in [9.17, 15) is 8.42 Å². The summed E-state index contributed by atoms with van der Waals surface area (Å²) >= 11 is 3.42. The van der Waals surface area contributed by atoms with Crippen molar-refractivity contribution in [3.63, 3.8) is 0 Å². The minimum Gasteiger partial charge on any atom is -0.309 e. The molecule has 0 aliphatic carbocycles. The summed E-state index contributed by atoms with van der Waals surface area (Å²) in [4.78, 5) is 0.317. The molecular formula is C15H15BrN2O2S. The van der Waals surface area contributed by atoms with Crippen molar-refractivity contribution in [1.82, 2.24) is 10.0 Å². The summed E-state index contributed by atoms with van der Waals surface area (Å²) in [5, 5.41) is 3.21. The summed E-state index contributed by atoms with van der Waals surface area (Å²) in [5.41, 5.74) is 3.13. The molecule has 6 heteroatoms. The second-order valence-electron chi connectivity index (χ2n) is 4.95. The van der Waals surface area contributed by atoms with Crippen molar-refractivity contribution in [1.29, 1.82) is 0 Å². The van der Waals surface area contributed by atoms with Crippen LogP contribution in [-0.4, -0.2) is 8.42 Å². The van der Waals surface area contributed by atoms with E-state index in [1.165, 1.54) is 5.56 Å². The first kappa shape index (κ1) is 14.7. The number of nitrogens with one attached hydrogen (secondary N) is 2. The van der Waals surface area contributed by atoms with Crippen LogP contribution in [0.4, 0.5) is 0 Å². The van der Waals surface area contributed by atoms with Crippen LogP contribution in [0.1, 0.15) is 16.7 Å². The minimum absolute atomic E-state index is 0.263. The molecule has 3 rings (SSSR count). The first-order valence-electron chi connectivity index (χ1n) is 6.62. The van der Waals surface area contributed by atoms with Crippen molar-refractivity contribution in [2.24, 2.45) is 0 Å². The van der Waals surface area contributed by atoms with Gasteiger partial charge in [0.2, 0.25) is 10.0 Å². The predicted molar refractivity (Wildman–Crippen MR) is 85.2 cm³/mol. The second-order valence-corrected chi connectivity index (χ2v) is 7.57. The number of hydrogen-bond donors (Lipinski definition) is 2. The lowest BCUT2D eigenvalue weighted by Crippen LogP contribution is -2.23. The van der Waals surface area contributed by atoms with Crippen molar-refractivity contribution in [2.45, 2.75) is 24.5 Å². The number of fused-ring (bicyclic) bond motifs is 1. The van der Waals surface area contributed by atoms with Gasteiger partial charge in [0, 0.05) is 24.1 Å². The first-order chi connectivity index (χ1) is 10.1. The number of sulfonamides is 1. The average Bonchev–Trinajstić information content (AvgIpc) is 2.94. The summed E-state index contributed by atoms with van der Waals surface area (Å²) in [6.07, 6.45) is 0. The highest BCUT2D eigenvalue weighted by atomic mass is 79.9. The van der Waals surface area contributed by atoms with Gasteiger partial charge in [0.15, 0.2) is 0 Å². The highest BCUT2D eigenvalue weighted by Crippen LogP contribution is 2.21. The Morgan fingerprint density at radius 1 is 1.10 bits per heavy atom. The van der Waals surface area contributed by atoms with Crippen LogP contribution in [0.5, 0.6) is 0 Å². The van der Waals surface area contributed by atoms with E-state index in [4.69, 9.17) is 0 Å².